The van der Waals surface area contributed by atoms with Crippen molar-refractivity contribution >= 4 is 33.9 Å². The van der Waals surface area contributed by atoms with Crippen LogP contribution in [0.3, 0.4) is 0 Å². The fraction of sp³-hybridized carbons (Fsp3) is 0.143. The second-order valence-corrected chi connectivity index (χ2v) is 9.65. The molecule has 1 aliphatic heterocycles. The highest BCUT2D eigenvalue weighted by Gasteiger charge is 2.48. The van der Waals surface area contributed by atoms with Gasteiger partial charge in [0.25, 0.3) is 5.78 Å². The van der Waals surface area contributed by atoms with E-state index in [-0.39, 0.29) is 11.3 Å². The van der Waals surface area contributed by atoms with Gasteiger partial charge in [-0.2, -0.15) is 0 Å². The van der Waals surface area contributed by atoms with Crippen LogP contribution in [0, 0.1) is 13.8 Å². The number of anilines is 1. The quantitative estimate of drug-likeness (QED) is 0.219. The van der Waals surface area contributed by atoms with Crippen LogP contribution in [0.5, 0.6) is 5.75 Å². The number of hydrogen-bond acceptors (Lipinski definition) is 7. The molecule has 5 rings (SSSR count). The zero-order valence-electron chi connectivity index (χ0n) is 19.7. The van der Waals surface area contributed by atoms with E-state index in [2.05, 4.69) is 16.3 Å². The molecule has 0 saturated carbocycles. The fourth-order valence-corrected chi connectivity index (χ4v) is 4.91. The lowest BCUT2D eigenvalue weighted by Gasteiger charge is -2.22. The summed E-state index contributed by atoms with van der Waals surface area (Å²) in [7, 11) is 0. The maximum absolute atomic E-state index is 13.2. The van der Waals surface area contributed by atoms with Gasteiger partial charge in [0, 0.05) is 5.56 Å². The average molecular weight is 498 g/mol. The van der Waals surface area contributed by atoms with E-state index in [0.29, 0.717) is 33.6 Å². The molecule has 1 fully saturated rings. The largest absolute Gasteiger partial charge is 0.507 e. The molecule has 0 aliphatic carbocycles. The van der Waals surface area contributed by atoms with Crippen LogP contribution < -0.4 is 9.64 Å². The first kappa shape index (κ1) is 23.4. The normalized spacial score (nSPS) is 16.9. The number of aryl methyl sites for hydroxylation is 2. The van der Waals surface area contributed by atoms with Crippen molar-refractivity contribution in [1.29, 1.82) is 0 Å². The van der Waals surface area contributed by atoms with E-state index in [4.69, 9.17) is 4.74 Å². The minimum absolute atomic E-state index is 0.00693. The molecule has 1 atom stereocenters. The Hall–Kier alpha value is -4.30. The molecule has 0 bridgehead atoms. The predicted molar refractivity (Wildman–Crippen MR) is 138 cm³/mol. The fourth-order valence-electron chi connectivity index (χ4n) is 4.20. The summed E-state index contributed by atoms with van der Waals surface area (Å²) in [6, 6.07) is 23.2. The number of hydrogen-bond donors (Lipinski definition) is 1. The topological polar surface area (TPSA) is 92.6 Å². The van der Waals surface area contributed by atoms with Crippen LogP contribution in [-0.2, 0) is 16.2 Å². The third kappa shape index (κ3) is 4.50. The minimum Gasteiger partial charge on any atom is -0.507 e. The highest BCUT2D eigenvalue weighted by atomic mass is 32.1. The highest BCUT2D eigenvalue weighted by molar-refractivity contribution is 7.15. The maximum atomic E-state index is 13.2. The SMILES string of the molecule is Cc1cccc(COc2ccc(/C(O)=C3/C(=O)C(=O)N(c4nnc(C)s4)C3c3ccccc3)cc2)c1. The molecule has 0 spiro atoms. The molecule has 36 heavy (non-hydrogen) atoms. The van der Waals surface area contributed by atoms with Crippen LogP contribution in [0.1, 0.15) is 33.3 Å². The number of carbonyl (C=O) groups excluding carboxylic acids is 2. The van der Waals surface area contributed by atoms with Gasteiger partial charge < -0.3 is 9.84 Å². The Kier molecular flexibility index (Phi) is 6.35. The van der Waals surface area contributed by atoms with Crippen LogP contribution in [0.25, 0.3) is 5.76 Å². The Morgan fingerprint density at radius 2 is 1.72 bits per heavy atom. The zero-order chi connectivity index (χ0) is 25.2. The molecule has 7 nitrogen and oxygen atoms in total. The summed E-state index contributed by atoms with van der Waals surface area (Å²) >= 11 is 1.22. The van der Waals surface area contributed by atoms with Gasteiger partial charge in [-0.05, 0) is 49.2 Å². The molecule has 4 aromatic rings. The van der Waals surface area contributed by atoms with Crippen LogP contribution in [-0.4, -0.2) is 27.0 Å². The molecule has 1 unspecified atom stereocenters. The van der Waals surface area contributed by atoms with Gasteiger partial charge in [-0.15, -0.1) is 10.2 Å². The molecule has 8 heteroatoms. The van der Waals surface area contributed by atoms with Crippen molar-refractivity contribution in [3.63, 3.8) is 0 Å². The number of aliphatic hydroxyl groups excluding tert-OH is 1. The number of benzene rings is 3. The van der Waals surface area contributed by atoms with E-state index >= 15 is 0 Å². The summed E-state index contributed by atoms with van der Waals surface area (Å²) in [5, 5.41) is 20.3. The second kappa shape index (κ2) is 9.75. The zero-order valence-corrected chi connectivity index (χ0v) is 20.5. The van der Waals surface area contributed by atoms with Gasteiger partial charge in [0.05, 0.1) is 11.6 Å². The summed E-state index contributed by atoms with van der Waals surface area (Å²) in [4.78, 5) is 27.6. The van der Waals surface area contributed by atoms with Crippen LogP contribution in [0.15, 0.2) is 84.4 Å². The molecule has 0 radical (unpaired) electrons. The summed E-state index contributed by atoms with van der Waals surface area (Å²) in [6.07, 6.45) is 0. The van der Waals surface area contributed by atoms with Crippen molar-refractivity contribution in [2.75, 3.05) is 4.90 Å². The monoisotopic (exact) mass is 497 g/mol. The Labute approximate surface area is 212 Å². The van der Waals surface area contributed by atoms with Crippen molar-refractivity contribution in [3.05, 3.63) is 112 Å². The van der Waals surface area contributed by atoms with Gasteiger partial charge >= 0.3 is 5.91 Å². The van der Waals surface area contributed by atoms with E-state index in [1.165, 1.54) is 16.2 Å². The summed E-state index contributed by atoms with van der Waals surface area (Å²) < 4.78 is 5.87. The molecular formula is C28H23N3O4S. The van der Waals surface area contributed by atoms with Gasteiger partial charge in [-0.1, -0.05) is 71.5 Å². The molecule has 1 saturated heterocycles. The van der Waals surface area contributed by atoms with E-state index < -0.39 is 17.7 Å². The lowest BCUT2D eigenvalue weighted by Crippen LogP contribution is -2.29. The van der Waals surface area contributed by atoms with E-state index in [0.717, 1.165) is 11.1 Å². The molecule has 1 N–H and O–H groups in total. The van der Waals surface area contributed by atoms with Crippen molar-refractivity contribution in [2.45, 2.75) is 26.5 Å². The standard InChI is InChI=1S/C28H23N3O4S/c1-17-7-6-8-19(15-17)16-35-22-13-11-21(12-14-22)25(32)23-24(20-9-4-3-5-10-20)31(27(34)26(23)33)28-30-29-18(2)36-28/h3-15,24,32H,16H2,1-2H3/b25-23-. The van der Waals surface area contributed by atoms with Crippen LogP contribution in [0.4, 0.5) is 5.13 Å². The Bertz CT molecular complexity index is 1460. The lowest BCUT2D eigenvalue weighted by atomic mass is 9.95. The summed E-state index contributed by atoms with van der Waals surface area (Å²) in [6.45, 7) is 4.21. The minimum atomic E-state index is -0.823. The number of rotatable bonds is 6. The first-order chi connectivity index (χ1) is 17.4. The predicted octanol–water partition coefficient (Wildman–Crippen LogP) is 5.36. The first-order valence-electron chi connectivity index (χ1n) is 11.4. The van der Waals surface area contributed by atoms with Crippen molar-refractivity contribution in [1.82, 2.24) is 10.2 Å². The first-order valence-corrected chi connectivity index (χ1v) is 12.2. The van der Waals surface area contributed by atoms with Crippen molar-refractivity contribution < 1.29 is 19.4 Å². The van der Waals surface area contributed by atoms with E-state index in [1.54, 1.807) is 31.2 Å². The third-order valence-electron chi connectivity index (χ3n) is 5.90. The van der Waals surface area contributed by atoms with Crippen molar-refractivity contribution in [2.24, 2.45) is 0 Å². The number of amides is 1. The molecule has 1 amide bonds. The number of nitrogens with zero attached hydrogens (tertiary/aromatic N) is 3. The summed E-state index contributed by atoms with van der Waals surface area (Å²) in [5.74, 6) is -1.15. The summed E-state index contributed by atoms with van der Waals surface area (Å²) in [5.41, 5.74) is 3.31. The second-order valence-electron chi connectivity index (χ2n) is 8.49. The van der Waals surface area contributed by atoms with Gasteiger partial charge in [-0.3, -0.25) is 14.5 Å². The Morgan fingerprint density at radius 1 is 0.972 bits per heavy atom. The number of aromatic nitrogens is 2. The molecule has 1 aromatic heterocycles. The van der Waals surface area contributed by atoms with E-state index in [9.17, 15) is 14.7 Å². The number of ether oxygens (including phenoxy) is 1. The van der Waals surface area contributed by atoms with Crippen LogP contribution >= 0.6 is 11.3 Å². The van der Waals surface area contributed by atoms with Gasteiger partial charge in [0.1, 0.15) is 23.1 Å². The van der Waals surface area contributed by atoms with Crippen LogP contribution in [0.2, 0.25) is 0 Å². The number of Topliss-reactive ketones (excluding diaryl/α,β-unsaturated/α-hetero) is 1. The molecule has 3 aromatic carbocycles. The third-order valence-corrected chi connectivity index (χ3v) is 6.73. The smallest absolute Gasteiger partial charge is 0.301 e. The number of aliphatic hydroxyl groups is 1. The molecule has 180 valence electrons. The molecule has 1 aliphatic rings. The van der Waals surface area contributed by atoms with Gasteiger partial charge in [0.2, 0.25) is 5.13 Å². The highest BCUT2D eigenvalue weighted by Crippen LogP contribution is 2.42. The van der Waals surface area contributed by atoms with Gasteiger partial charge in [-0.25, -0.2) is 0 Å². The maximum Gasteiger partial charge on any atom is 0.301 e. The molecular weight excluding hydrogens is 474 g/mol. The van der Waals surface area contributed by atoms with E-state index in [1.807, 2.05) is 55.5 Å². The van der Waals surface area contributed by atoms with Gasteiger partial charge in [0.15, 0.2) is 0 Å². The number of ketones is 1. The Balaban J connectivity index is 1.48. The number of carbonyl (C=O) groups is 2. The lowest BCUT2D eigenvalue weighted by molar-refractivity contribution is -0.132. The molecule has 2 heterocycles. The Morgan fingerprint density at radius 3 is 2.39 bits per heavy atom. The average Bonchev–Trinajstić information content (AvgIpc) is 3.43. The van der Waals surface area contributed by atoms with Crippen molar-refractivity contribution in [3.8, 4) is 5.75 Å².